The number of carbonyl (C=O) groups is 3. The van der Waals surface area contributed by atoms with Gasteiger partial charge in [0.05, 0.1) is 41.9 Å². The second-order valence-corrected chi connectivity index (χ2v) is 20.4. The zero-order chi connectivity index (χ0) is 47.7. The highest BCUT2D eigenvalue weighted by molar-refractivity contribution is 5.90. The van der Waals surface area contributed by atoms with Crippen molar-refractivity contribution in [2.75, 3.05) is 0 Å². The van der Waals surface area contributed by atoms with Crippen molar-refractivity contribution in [2.24, 2.45) is 17.8 Å². The second kappa shape index (κ2) is 20.1. The van der Waals surface area contributed by atoms with Crippen LogP contribution in [-0.4, -0.2) is 38.2 Å². The highest BCUT2D eigenvalue weighted by Crippen LogP contribution is 2.46. The van der Waals surface area contributed by atoms with Crippen molar-refractivity contribution >= 4 is 28.8 Å². The lowest BCUT2D eigenvalue weighted by atomic mass is 9.83. The van der Waals surface area contributed by atoms with E-state index >= 15 is 0 Å². The summed E-state index contributed by atoms with van der Waals surface area (Å²) < 4.78 is 25.4. The van der Waals surface area contributed by atoms with E-state index in [0.717, 1.165) is 82.0 Å². The van der Waals surface area contributed by atoms with E-state index in [0.29, 0.717) is 40.7 Å². The molecule has 2 aromatic carbocycles. The van der Waals surface area contributed by atoms with Crippen molar-refractivity contribution in [1.82, 2.24) is 9.55 Å². The molecule has 3 aliphatic rings. The molecule has 7 rings (SSSR count). The molecule has 356 valence electrons. The largest absolute Gasteiger partial charge is 0.487 e. The first kappa shape index (κ1) is 48.9. The zero-order valence-electron chi connectivity index (χ0n) is 41.2. The summed E-state index contributed by atoms with van der Waals surface area (Å²) in [7, 11) is 0. The summed E-state index contributed by atoms with van der Waals surface area (Å²) in [4.78, 5) is 57.8. The summed E-state index contributed by atoms with van der Waals surface area (Å²) in [5, 5.41) is 12.0. The number of aliphatic hydroxyl groups is 1. The van der Waals surface area contributed by atoms with Crippen LogP contribution in [0.25, 0.3) is 22.3 Å². The van der Waals surface area contributed by atoms with Gasteiger partial charge in [0.15, 0.2) is 5.60 Å². The van der Waals surface area contributed by atoms with Crippen molar-refractivity contribution in [3.05, 3.63) is 79.1 Å². The predicted molar refractivity (Wildman–Crippen MR) is 257 cm³/mol. The summed E-state index contributed by atoms with van der Waals surface area (Å²) in [5.74, 6) is 2.25. The Hall–Kier alpha value is -5.03. The van der Waals surface area contributed by atoms with Crippen LogP contribution in [0.4, 0.5) is 0 Å². The molecule has 2 aromatic heterocycles. The van der Waals surface area contributed by atoms with Crippen LogP contribution in [-0.2, 0) is 50.7 Å². The van der Waals surface area contributed by atoms with Gasteiger partial charge in [0.1, 0.15) is 29.5 Å². The smallest absolute Gasteiger partial charge is 0.343 e. The predicted octanol–water partition coefficient (Wildman–Crippen LogP) is 11.4. The fraction of sp³-hybridized carbons (Fsp3) is 0.582. The second-order valence-electron chi connectivity index (χ2n) is 20.4. The Kier molecular flexibility index (Phi) is 14.9. The molecule has 0 bridgehead atoms. The molecular formula is C55H72N2O9. The molecular weight excluding hydrogens is 833 g/mol. The van der Waals surface area contributed by atoms with Crippen LogP contribution in [0.5, 0.6) is 17.2 Å². The minimum atomic E-state index is -1.91. The maximum absolute atomic E-state index is 13.7. The highest BCUT2D eigenvalue weighted by Gasteiger charge is 2.45. The van der Waals surface area contributed by atoms with Gasteiger partial charge in [-0.25, -0.2) is 9.78 Å². The lowest BCUT2D eigenvalue weighted by Crippen LogP contribution is -2.44. The van der Waals surface area contributed by atoms with Crippen molar-refractivity contribution in [2.45, 2.75) is 190 Å². The minimum absolute atomic E-state index is 0.0599. The molecule has 66 heavy (non-hydrogen) atoms. The van der Waals surface area contributed by atoms with Gasteiger partial charge in [-0.15, -0.1) is 0 Å². The van der Waals surface area contributed by atoms with Crippen molar-refractivity contribution in [1.29, 1.82) is 0 Å². The normalized spacial score (nSPS) is 19.4. The third kappa shape index (κ3) is 9.97. The maximum atomic E-state index is 13.7. The van der Waals surface area contributed by atoms with Crippen LogP contribution in [0.15, 0.2) is 29.1 Å². The van der Waals surface area contributed by atoms with Crippen LogP contribution in [0.1, 0.15) is 176 Å². The van der Waals surface area contributed by atoms with Crippen molar-refractivity contribution in [3.8, 4) is 28.6 Å². The van der Waals surface area contributed by atoms with E-state index < -0.39 is 23.5 Å². The van der Waals surface area contributed by atoms with Gasteiger partial charge in [0, 0.05) is 22.1 Å². The molecule has 4 aromatic rings. The molecule has 11 nitrogen and oxygen atoms in total. The number of fused-ring (bicyclic) bond motifs is 6. The summed E-state index contributed by atoms with van der Waals surface area (Å²) >= 11 is 0. The van der Waals surface area contributed by atoms with Gasteiger partial charge in [-0.2, -0.15) is 0 Å². The number of ether oxygens (including phenoxy) is 4. The van der Waals surface area contributed by atoms with Gasteiger partial charge < -0.3 is 28.6 Å². The average molecular weight is 905 g/mol. The standard InChI is InChI=1S/C55H72N2O9/c1-11-39-41-28-38(21-22-45(41)56-49-42(39)30-57-46(49)29-44-43(52(57)60)31-63-53(61)55(44,62)12-2)64-47(58)23-24-48(59)65-50-35(7)36(8)51-40(37(50)9)25-27-54(10,66-51)26-15-20-34(6)19-14-18-33(5)17-13-16-32(3)4/h21-22,28-29,32-34,62H,11-20,23-27,30-31H2,1-10H3/t33?,34?,54?,55-/m0/s1. The quantitative estimate of drug-likeness (QED) is 0.0628. The molecule has 3 unspecified atom stereocenters. The Labute approximate surface area is 391 Å². The number of aryl methyl sites for hydroxylation is 1. The topological polar surface area (TPSA) is 143 Å². The number of pyridine rings is 2. The van der Waals surface area contributed by atoms with Gasteiger partial charge >= 0.3 is 17.9 Å². The fourth-order valence-electron chi connectivity index (χ4n) is 10.6. The number of hydrogen-bond acceptors (Lipinski definition) is 10. The monoisotopic (exact) mass is 905 g/mol. The van der Waals surface area contributed by atoms with E-state index in [1.807, 2.05) is 27.7 Å². The Bertz CT molecular complexity index is 2570. The fourth-order valence-corrected chi connectivity index (χ4v) is 10.6. The van der Waals surface area contributed by atoms with E-state index in [4.69, 9.17) is 23.9 Å². The first-order chi connectivity index (χ1) is 31.4. The number of carbonyl (C=O) groups excluding carboxylic acids is 3. The zero-order valence-corrected chi connectivity index (χ0v) is 41.2. The van der Waals surface area contributed by atoms with Gasteiger partial charge in [0.2, 0.25) is 0 Å². The molecule has 0 aliphatic carbocycles. The number of benzene rings is 2. The first-order valence-electron chi connectivity index (χ1n) is 24.7. The third-order valence-electron chi connectivity index (χ3n) is 14.9. The molecule has 3 aliphatic heterocycles. The molecule has 4 atom stereocenters. The minimum Gasteiger partial charge on any atom is -0.487 e. The van der Waals surface area contributed by atoms with Gasteiger partial charge in [-0.05, 0) is 130 Å². The summed E-state index contributed by atoms with van der Waals surface area (Å²) in [6, 6.07) is 6.89. The van der Waals surface area contributed by atoms with Gasteiger partial charge in [-0.3, -0.25) is 14.4 Å². The van der Waals surface area contributed by atoms with Crippen LogP contribution < -0.4 is 19.8 Å². The lowest BCUT2D eigenvalue weighted by Gasteiger charge is -2.38. The molecule has 0 amide bonds. The van der Waals surface area contributed by atoms with Crippen LogP contribution in [0.3, 0.4) is 0 Å². The number of cyclic esters (lactones) is 1. The SMILES string of the molecule is CCc1c2c(nc3ccc(OC(=O)CCC(=O)Oc4c(C)c(C)c5c(c4C)CCC(C)(CCCC(C)CCCC(C)CCCC(C)C)O5)cc13)-c1cc3c(c(=O)n1C2)COC(=O)[C@]3(O)CC. The summed E-state index contributed by atoms with van der Waals surface area (Å²) in [6.45, 7) is 21.4. The Morgan fingerprint density at radius 1 is 0.848 bits per heavy atom. The molecule has 0 saturated carbocycles. The summed E-state index contributed by atoms with van der Waals surface area (Å²) in [5.41, 5.74) is 5.46. The Morgan fingerprint density at radius 2 is 1.52 bits per heavy atom. The van der Waals surface area contributed by atoms with Crippen molar-refractivity contribution < 1.29 is 38.4 Å². The number of esters is 3. The molecule has 11 heteroatoms. The molecule has 1 N–H and O–H groups in total. The van der Waals surface area contributed by atoms with Gasteiger partial charge in [0.25, 0.3) is 5.56 Å². The van der Waals surface area contributed by atoms with Crippen LogP contribution >= 0.6 is 0 Å². The highest BCUT2D eigenvalue weighted by atomic mass is 16.6. The molecule has 0 radical (unpaired) electrons. The van der Waals surface area contributed by atoms with E-state index in [2.05, 4.69) is 34.6 Å². The Balaban J connectivity index is 0.939. The maximum Gasteiger partial charge on any atom is 0.343 e. The van der Waals surface area contributed by atoms with E-state index in [9.17, 15) is 24.3 Å². The number of rotatable bonds is 19. The number of aromatic nitrogens is 2. The van der Waals surface area contributed by atoms with Crippen molar-refractivity contribution in [3.63, 3.8) is 0 Å². The average Bonchev–Trinajstić information content (AvgIpc) is 3.65. The number of nitrogens with zero attached hydrogens (tertiary/aromatic N) is 2. The lowest BCUT2D eigenvalue weighted by molar-refractivity contribution is -0.172. The molecule has 5 heterocycles. The molecule has 0 spiro atoms. The van der Waals surface area contributed by atoms with E-state index in [1.54, 1.807) is 35.8 Å². The molecule has 0 saturated heterocycles. The van der Waals surface area contributed by atoms with E-state index in [1.165, 1.54) is 44.9 Å². The molecule has 0 fully saturated rings. The van der Waals surface area contributed by atoms with Gasteiger partial charge in [-0.1, -0.05) is 86.5 Å². The van der Waals surface area contributed by atoms with Crippen LogP contribution in [0.2, 0.25) is 0 Å². The third-order valence-corrected chi connectivity index (χ3v) is 14.9. The van der Waals surface area contributed by atoms with Crippen LogP contribution in [0, 0.1) is 38.5 Å². The summed E-state index contributed by atoms with van der Waals surface area (Å²) in [6.07, 6.45) is 13.4. The number of hydrogen-bond donors (Lipinski definition) is 1. The Morgan fingerprint density at radius 3 is 2.18 bits per heavy atom. The van der Waals surface area contributed by atoms with E-state index in [-0.39, 0.29) is 54.7 Å². The first-order valence-corrected chi connectivity index (χ1v) is 24.7.